The van der Waals surface area contributed by atoms with E-state index in [0.717, 1.165) is 10.4 Å². The lowest BCUT2D eigenvalue weighted by atomic mass is 9.97. The first-order valence-corrected chi connectivity index (χ1v) is 10.9. The molecule has 3 heterocycles. The molecule has 0 saturated heterocycles. The first-order chi connectivity index (χ1) is 15.6. The van der Waals surface area contributed by atoms with Gasteiger partial charge in [0.1, 0.15) is 5.82 Å². The van der Waals surface area contributed by atoms with Gasteiger partial charge in [0.25, 0.3) is 5.91 Å². The highest BCUT2D eigenvalue weighted by molar-refractivity contribution is 6.42. The lowest BCUT2D eigenvalue weighted by Gasteiger charge is -2.33. The molecule has 174 valence electrons. The summed E-state index contributed by atoms with van der Waals surface area (Å²) in [5, 5.41) is 7.64. The molecule has 1 aliphatic rings. The number of hydrogen-bond acceptors (Lipinski definition) is 4. The van der Waals surface area contributed by atoms with Crippen LogP contribution in [0.15, 0.2) is 48.7 Å². The molecular formula is C22H20Cl2F3N5O. The number of pyridine rings is 1. The average Bonchev–Trinajstić information content (AvgIpc) is 3.22. The molecule has 0 saturated carbocycles. The first-order valence-electron chi connectivity index (χ1n) is 10.2. The molecule has 0 spiro atoms. The number of fused-ring (bicyclic) bond motifs is 1. The maximum atomic E-state index is 13.9. The van der Waals surface area contributed by atoms with Gasteiger partial charge in [-0.25, -0.2) is 4.68 Å². The third-order valence-electron chi connectivity index (χ3n) is 5.53. The fraction of sp³-hybridized carbons (Fsp3) is 0.318. The standard InChI is InChI=1S/C22H20Cl2F3N5O/c1-31(9-7-14-4-2-3-8-28-14)21(33)18-12-20-29-17(13-5-6-15(23)16(24)10-13)11-19(22(25,26)27)32(20)30-18/h2-6,8,10,12,17,19,29H,7,9,11H2,1H3/t17-,19+/m1/s1. The minimum absolute atomic E-state index is 0.0648. The number of carbonyl (C=O) groups is 1. The Bertz CT molecular complexity index is 1150. The Labute approximate surface area is 198 Å². The van der Waals surface area contributed by atoms with Crippen molar-refractivity contribution in [3.63, 3.8) is 0 Å². The third-order valence-corrected chi connectivity index (χ3v) is 6.27. The van der Waals surface area contributed by atoms with Crippen molar-refractivity contribution in [2.45, 2.75) is 31.1 Å². The Balaban J connectivity index is 1.57. The largest absolute Gasteiger partial charge is 0.410 e. The Morgan fingerprint density at radius 3 is 2.67 bits per heavy atom. The van der Waals surface area contributed by atoms with Gasteiger partial charge in [-0.15, -0.1) is 0 Å². The topological polar surface area (TPSA) is 63.1 Å². The van der Waals surface area contributed by atoms with Crippen molar-refractivity contribution in [3.8, 4) is 0 Å². The summed E-state index contributed by atoms with van der Waals surface area (Å²) in [6, 6.07) is 8.97. The zero-order valence-electron chi connectivity index (χ0n) is 17.5. The van der Waals surface area contributed by atoms with E-state index in [0.29, 0.717) is 23.6 Å². The maximum absolute atomic E-state index is 13.9. The highest BCUT2D eigenvalue weighted by atomic mass is 35.5. The van der Waals surface area contributed by atoms with Crippen LogP contribution in [0.4, 0.5) is 19.0 Å². The molecule has 11 heteroatoms. The van der Waals surface area contributed by atoms with Crippen LogP contribution in [-0.4, -0.2) is 45.3 Å². The summed E-state index contributed by atoms with van der Waals surface area (Å²) in [6.07, 6.45) is -2.69. The summed E-state index contributed by atoms with van der Waals surface area (Å²) >= 11 is 12.0. The number of carbonyl (C=O) groups excluding carboxylic acids is 1. The van der Waals surface area contributed by atoms with Gasteiger partial charge in [-0.3, -0.25) is 9.78 Å². The molecule has 3 aromatic rings. The van der Waals surface area contributed by atoms with Crippen LogP contribution in [0.5, 0.6) is 0 Å². The van der Waals surface area contributed by atoms with Gasteiger partial charge in [0.2, 0.25) is 0 Å². The van der Waals surface area contributed by atoms with E-state index in [4.69, 9.17) is 23.2 Å². The van der Waals surface area contributed by atoms with E-state index >= 15 is 0 Å². The Hall–Kier alpha value is -2.78. The molecule has 4 rings (SSSR count). The predicted octanol–water partition coefficient (Wildman–Crippen LogP) is 5.56. The van der Waals surface area contributed by atoms with E-state index in [1.165, 1.54) is 11.0 Å². The molecule has 0 bridgehead atoms. The summed E-state index contributed by atoms with van der Waals surface area (Å²) in [5.41, 5.74) is 1.31. The molecule has 0 aliphatic carbocycles. The Morgan fingerprint density at radius 1 is 1.21 bits per heavy atom. The van der Waals surface area contributed by atoms with E-state index in [9.17, 15) is 18.0 Å². The Morgan fingerprint density at radius 2 is 2.00 bits per heavy atom. The number of nitrogens with one attached hydrogen (secondary N) is 1. The van der Waals surface area contributed by atoms with Crippen LogP contribution in [0, 0.1) is 0 Å². The molecule has 1 aliphatic heterocycles. The number of nitrogens with zero attached hydrogens (tertiary/aromatic N) is 4. The quantitative estimate of drug-likeness (QED) is 0.501. The molecule has 1 amide bonds. The fourth-order valence-corrected chi connectivity index (χ4v) is 4.06. The lowest BCUT2D eigenvalue weighted by Crippen LogP contribution is -2.36. The van der Waals surface area contributed by atoms with Crippen molar-refractivity contribution in [3.05, 3.63) is 75.7 Å². The van der Waals surface area contributed by atoms with Crippen LogP contribution >= 0.6 is 23.2 Å². The normalized spacial score (nSPS) is 17.9. The number of rotatable bonds is 5. The van der Waals surface area contributed by atoms with Crippen molar-refractivity contribution in [2.24, 2.45) is 0 Å². The van der Waals surface area contributed by atoms with Crippen molar-refractivity contribution in [1.29, 1.82) is 0 Å². The van der Waals surface area contributed by atoms with Gasteiger partial charge in [-0.05, 0) is 29.8 Å². The molecule has 0 fully saturated rings. The van der Waals surface area contributed by atoms with Crippen LogP contribution in [-0.2, 0) is 6.42 Å². The highest BCUT2D eigenvalue weighted by Crippen LogP contribution is 2.44. The Kier molecular flexibility index (Phi) is 6.54. The second kappa shape index (κ2) is 9.23. The number of anilines is 1. The number of aromatic nitrogens is 3. The first kappa shape index (κ1) is 23.4. The molecule has 1 aromatic carbocycles. The number of likely N-dealkylation sites (N-methyl/N-ethyl adjacent to an activating group) is 1. The summed E-state index contributed by atoms with van der Waals surface area (Å²) in [6.45, 7) is 0.347. The molecule has 2 aromatic heterocycles. The highest BCUT2D eigenvalue weighted by Gasteiger charge is 2.47. The van der Waals surface area contributed by atoms with Crippen LogP contribution in [0.2, 0.25) is 10.0 Å². The molecule has 33 heavy (non-hydrogen) atoms. The molecular weight excluding hydrogens is 478 g/mol. The smallest absolute Gasteiger partial charge is 0.363 e. The van der Waals surface area contributed by atoms with Crippen LogP contribution in [0.3, 0.4) is 0 Å². The van der Waals surface area contributed by atoms with Gasteiger partial charge in [-0.2, -0.15) is 18.3 Å². The van der Waals surface area contributed by atoms with Gasteiger partial charge < -0.3 is 10.2 Å². The molecule has 0 radical (unpaired) electrons. The van der Waals surface area contributed by atoms with E-state index in [1.54, 1.807) is 37.5 Å². The predicted molar refractivity (Wildman–Crippen MR) is 120 cm³/mol. The SMILES string of the molecule is CN(CCc1ccccn1)C(=O)c1cc2n(n1)[C@H](C(F)(F)F)C[C@H](c1ccc(Cl)c(Cl)c1)N2. The van der Waals surface area contributed by atoms with E-state index in [2.05, 4.69) is 15.4 Å². The molecule has 2 atom stereocenters. The van der Waals surface area contributed by atoms with Gasteiger partial charge in [0.05, 0.1) is 16.1 Å². The van der Waals surface area contributed by atoms with Gasteiger partial charge in [0.15, 0.2) is 11.7 Å². The van der Waals surface area contributed by atoms with Crippen molar-refractivity contribution in [2.75, 3.05) is 18.9 Å². The van der Waals surface area contributed by atoms with Crippen LogP contribution in [0.25, 0.3) is 0 Å². The third kappa shape index (κ3) is 5.09. The van der Waals surface area contributed by atoms with Crippen LogP contribution < -0.4 is 5.32 Å². The van der Waals surface area contributed by atoms with Crippen molar-refractivity contribution >= 4 is 34.9 Å². The summed E-state index contributed by atoms with van der Waals surface area (Å²) < 4.78 is 42.5. The number of halogens is 5. The average molecular weight is 498 g/mol. The van der Waals surface area contributed by atoms with Crippen molar-refractivity contribution < 1.29 is 18.0 Å². The number of hydrogen-bond donors (Lipinski definition) is 1. The summed E-state index contributed by atoms with van der Waals surface area (Å²) in [4.78, 5) is 18.5. The summed E-state index contributed by atoms with van der Waals surface area (Å²) in [5.74, 6) is -0.359. The van der Waals surface area contributed by atoms with E-state index < -0.39 is 24.2 Å². The minimum Gasteiger partial charge on any atom is -0.363 e. The summed E-state index contributed by atoms with van der Waals surface area (Å²) in [7, 11) is 1.58. The molecule has 1 N–H and O–H groups in total. The molecule has 6 nitrogen and oxygen atoms in total. The molecule has 0 unspecified atom stereocenters. The monoisotopic (exact) mass is 497 g/mol. The van der Waals surface area contributed by atoms with Crippen molar-refractivity contribution in [1.82, 2.24) is 19.7 Å². The second-order valence-corrected chi connectivity index (χ2v) is 8.64. The zero-order valence-corrected chi connectivity index (χ0v) is 19.0. The number of alkyl halides is 3. The van der Waals surface area contributed by atoms with Crippen LogP contribution in [0.1, 0.15) is 40.3 Å². The minimum atomic E-state index is -4.55. The second-order valence-electron chi connectivity index (χ2n) is 7.82. The number of amides is 1. The fourth-order valence-electron chi connectivity index (χ4n) is 3.75. The van der Waals surface area contributed by atoms with Gasteiger partial charge in [-0.1, -0.05) is 35.3 Å². The zero-order chi connectivity index (χ0) is 23.8. The maximum Gasteiger partial charge on any atom is 0.410 e. The van der Waals surface area contributed by atoms with E-state index in [-0.39, 0.29) is 23.0 Å². The van der Waals surface area contributed by atoms with E-state index in [1.807, 2.05) is 12.1 Å². The van der Waals surface area contributed by atoms with Gasteiger partial charge in [0, 0.05) is 44.4 Å². The lowest BCUT2D eigenvalue weighted by molar-refractivity contribution is -0.173. The number of benzene rings is 1. The van der Waals surface area contributed by atoms with Gasteiger partial charge >= 0.3 is 6.18 Å².